The Morgan fingerprint density at radius 1 is 1.21 bits per heavy atom. The number of halogens is 2. The van der Waals surface area contributed by atoms with Crippen LogP contribution >= 0.6 is 31.9 Å². The summed E-state index contributed by atoms with van der Waals surface area (Å²) >= 11 is 6.79. The second kappa shape index (κ2) is 6.17. The molecule has 2 rings (SSSR count). The summed E-state index contributed by atoms with van der Waals surface area (Å²) in [5.41, 5.74) is 1.75. The van der Waals surface area contributed by atoms with Crippen LogP contribution in [-0.2, 0) is 0 Å². The van der Waals surface area contributed by atoms with Gasteiger partial charge >= 0.3 is 6.09 Å². The fourth-order valence-electron chi connectivity index (χ4n) is 2.36. The van der Waals surface area contributed by atoms with Gasteiger partial charge in [-0.2, -0.15) is 4.79 Å². The monoisotopic (exact) mass is 389 g/mol. The van der Waals surface area contributed by atoms with Crippen LogP contribution in [-0.4, -0.2) is 40.0 Å². The van der Waals surface area contributed by atoms with Gasteiger partial charge in [0.15, 0.2) is 5.69 Å². The number of nitrogens with zero attached hydrogens (tertiary/aromatic N) is 2. The van der Waals surface area contributed by atoms with Crippen LogP contribution in [0, 0.1) is 0 Å². The van der Waals surface area contributed by atoms with E-state index in [1.54, 1.807) is 6.20 Å². The summed E-state index contributed by atoms with van der Waals surface area (Å²) in [7, 11) is 0. The molecular formula is C13H15Br2N2O2+. The number of amides is 1. The zero-order valence-corrected chi connectivity index (χ0v) is 13.5. The Bertz CT molecular complexity index is 501. The topological polar surface area (TPSA) is 40.5 Å². The largest absolute Gasteiger partial charge is 0.544 e. The molecule has 6 heteroatoms. The van der Waals surface area contributed by atoms with Crippen molar-refractivity contribution in [1.29, 1.82) is 0 Å². The molecule has 1 N–H and O–H groups in total. The van der Waals surface area contributed by atoms with E-state index in [0.717, 1.165) is 21.9 Å². The minimum atomic E-state index is -0.886. The summed E-state index contributed by atoms with van der Waals surface area (Å²) in [6.07, 6.45) is 2.72. The first-order chi connectivity index (χ1) is 9.16. The first kappa shape index (κ1) is 14.7. The predicted molar refractivity (Wildman–Crippen MR) is 84.5 cm³/mol. The van der Waals surface area contributed by atoms with Crippen LogP contribution in [0.5, 0.6) is 0 Å². The minimum Gasteiger partial charge on any atom is -0.433 e. The number of rotatable bonds is 5. The van der Waals surface area contributed by atoms with Crippen molar-refractivity contribution in [2.45, 2.75) is 0 Å². The van der Waals surface area contributed by atoms with E-state index >= 15 is 0 Å². The maximum atomic E-state index is 11.9. The van der Waals surface area contributed by atoms with E-state index in [0.29, 0.717) is 13.1 Å². The van der Waals surface area contributed by atoms with Crippen LogP contribution in [0.25, 0.3) is 6.08 Å². The van der Waals surface area contributed by atoms with E-state index in [1.807, 2.05) is 35.4 Å². The molecule has 1 unspecified atom stereocenters. The molecule has 1 aliphatic rings. The predicted octanol–water partition coefficient (Wildman–Crippen LogP) is 3.66. The smallest absolute Gasteiger partial charge is 0.433 e. The average molecular weight is 391 g/mol. The van der Waals surface area contributed by atoms with Gasteiger partial charge in [-0.1, -0.05) is 48.6 Å². The zero-order chi connectivity index (χ0) is 13.9. The van der Waals surface area contributed by atoms with Gasteiger partial charge in [-0.3, -0.25) is 0 Å². The highest BCUT2D eigenvalue weighted by molar-refractivity contribution is 9.09. The van der Waals surface area contributed by atoms with Gasteiger partial charge in [0.1, 0.15) is 6.20 Å². The molecule has 0 aliphatic carbocycles. The third-order valence-electron chi connectivity index (χ3n) is 3.20. The number of hydrogen-bond acceptors (Lipinski definition) is 2. The molecule has 0 saturated heterocycles. The maximum absolute atomic E-state index is 11.9. The number of fused-ring (bicyclic) bond motifs is 1. The molecule has 4 nitrogen and oxygen atoms in total. The number of quaternary nitrogens is 1. The van der Waals surface area contributed by atoms with Gasteiger partial charge in [-0.05, 0) is 6.07 Å². The highest BCUT2D eigenvalue weighted by Gasteiger charge is 2.48. The first-order valence-electron chi connectivity index (χ1n) is 5.95. The van der Waals surface area contributed by atoms with Gasteiger partial charge in [-0.15, -0.1) is 5.01 Å². The van der Waals surface area contributed by atoms with Crippen LogP contribution in [0.3, 0.4) is 0 Å². The fraction of sp³-hybridized carbons (Fsp3) is 0.308. The molecule has 102 valence electrons. The van der Waals surface area contributed by atoms with Crippen LogP contribution in [0.15, 0.2) is 30.5 Å². The van der Waals surface area contributed by atoms with Crippen molar-refractivity contribution in [3.8, 4) is 0 Å². The van der Waals surface area contributed by atoms with Gasteiger partial charge < -0.3 is 5.11 Å². The minimum absolute atomic E-state index is 0.257. The van der Waals surface area contributed by atoms with Crippen LogP contribution < -0.4 is 4.59 Å². The first-order valence-corrected chi connectivity index (χ1v) is 8.19. The lowest BCUT2D eigenvalue weighted by molar-refractivity contribution is 0.0454. The Kier molecular flexibility index (Phi) is 4.78. The molecule has 1 aliphatic heterocycles. The average Bonchev–Trinajstić information content (AvgIpc) is 2.79. The molecule has 1 aromatic rings. The summed E-state index contributed by atoms with van der Waals surface area (Å²) in [5, 5.41) is 13.2. The van der Waals surface area contributed by atoms with Gasteiger partial charge in [0.2, 0.25) is 0 Å². The highest BCUT2D eigenvalue weighted by atomic mass is 79.9. The van der Waals surface area contributed by atoms with Crippen LogP contribution in [0.2, 0.25) is 0 Å². The lowest BCUT2D eigenvalue weighted by atomic mass is 10.2. The summed E-state index contributed by atoms with van der Waals surface area (Å²) in [5.74, 6) is 0. The SMILES string of the molecule is O=C(O)[N+]1(N(CCBr)CCBr)C=Cc2ccccc21. The Hall–Kier alpha value is -0.690. The molecule has 1 amide bonds. The molecule has 1 heterocycles. The van der Waals surface area contributed by atoms with E-state index in [-0.39, 0.29) is 4.59 Å². The second-order valence-electron chi connectivity index (χ2n) is 4.17. The van der Waals surface area contributed by atoms with Crippen molar-refractivity contribution >= 4 is 49.7 Å². The summed E-state index contributed by atoms with van der Waals surface area (Å²) in [6.45, 7) is 1.30. The summed E-state index contributed by atoms with van der Waals surface area (Å²) < 4.78 is -0.257. The summed E-state index contributed by atoms with van der Waals surface area (Å²) in [6, 6.07) is 7.61. The van der Waals surface area contributed by atoms with Crippen molar-refractivity contribution in [1.82, 2.24) is 9.60 Å². The molecule has 0 bridgehead atoms. The van der Waals surface area contributed by atoms with Crippen molar-refractivity contribution in [3.63, 3.8) is 0 Å². The van der Waals surface area contributed by atoms with Crippen molar-refractivity contribution < 1.29 is 9.90 Å². The molecule has 1 aromatic carbocycles. The molecule has 0 spiro atoms. The maximum Gasteiger partial charge on any atom is 0.544 e. The molecule has 0 radical (unpaired) electrons. The van der Waals surface area contributed by atoms with Crippen LogP contribution in [0.1, 0.15) is 5.56 Å². The normalized spacial score (nSPS) is 20.8. The van der Waals surface area contributed by atoms with Gasteiger partial charge in [-0.25, -0.2) is 0 Å². The zero-order valence-electron chi connectivity index (χ0n) is 10.3. The van der Waals surface area contributed by atoms with Crippen molar-refractivity contribution in [2.75, 3.05) is 23.7 Å². The Morgan fingerprint density at radius 3 is 2.42 bits per heavy atom. The van der Waals surface area contributed by atoms with E-state index in [1.165, 1.54) is 0 Å². The lowest BCUT2D eigenvalue weighted by Crippen LogP contribution is -2.61. The number of alkyl halides is 2. The molecule has 0 aromatic heterocycles. The van der Waals surface area contributed by atoms with Gasteiger partial charge in [0, 0.05) is 28.4 Å². The number of hydrogen-bond donors (Lipinski definition) is 1. The van der Waals surface area contributed by atoms with Crippen LogP contribution in [0.4, 0.5) is 10.5 Å². The third-order valence-corrected chi connectivity index (χ3v) is 3.91. The quantitative estimate of drug-likeness (QED) is 0.616. The highest BCUT2D eigenvalue weighted by Crippen LogP contribution is 2.37. The van der Waals surface area contributed by atoms with Gasteiger partial charge in [0.25, 0.3) is 0 Å². The molecule has 1 atom stereocenters. The second-order valence-corrected chi connectivity index (χ2v) is 5.76. The molecule has 19 heavy (non-hydrogen) atoms. The van der Waals surface area contributed by atoms with E-state index in [9.17, 15) is 9.90 Å². The molecule has 0 saturated carbocycles. The Balaban J connectivity index is 2.51. The van der Waals surface area contributed by atoms with Crippen molar-refractivity contribution in [2.24, 2.45) is 0 Å². The van der Waals surface area contributed by atoms with Gasteiger partial charge in [0.05, 0.1) is 13.1 Å². The number of carbonyl (C=O) groups is 1. The standard InChI is InChI=1S/C13H14Br2N2O2/c14-6-8-16(9-7-15)17(13(18)19)10-5-11-3-1-2-4-12(11)17/h1-5,10H,6-9H2/p+1. The van der Waals surface area contributed by atoms with E-state index < -0.39 is 6.09 Å². The fourth-order valence-corrected chi connectivity index (χ4v) is 3.18. The number of benzene rings is 1. The Labute approximate surface area is 129 Å². The van der Waals surface area contributed by atoms with Crippen molar-refractivity contribution in [3.05, 3.63) is 36.0 Å². The lowest BCUT2D eigenvalue weighted by Gasteiger charge is -2.35. The molecular weight excluding hydrogens is 376 g/mol. The number of para-hydroxylation sites is 1. The molecule has 0 fully saturated rings. The van der Waals surface area contributed by atoms with E-state index in [4.69, 9.17) is 0 Å². The third kappa shape index (κ3) is 2.50. The Morgan fingerprint density at radius 2 is 1.84 bits per heavy atom. The number of carboxylic acid groups (broad SMARTS) is 1. The van der Waals surface area contributed by atoms with E-state index in [2.05, 4.69) is 31.9 Å². The summed E-state index contributed by atoms with van der Waals surface area (Å²) in [4.78, 5) is 11.9.